The standard InChI is InChI=1S/C20H23NO3/c1-14-9-17-11-18(24-20(17)10-15(14)2)13-21-12-16-5-3-4-6-19(16)23-8-7-22/h3-6,9-11,21-22H,7-8,12-13H2,1-2H3. The number of furan rings is 1. The Balaban J connectivity index is 1.64. The van der Waals surface area contributed by atoms with Crippen molar-refractivity contribution in [3.63, 3.8) is 0 Å². The first-order valence-corrected chi connectivity index (χ1v) is 8.19. The minimum absolute atomic E-state index is 0.0135. The Morgan fingerprint density at radius 3 is 2.67 bits per heavy atom. The maximum Gasteiger partial charge on any atom is 0.134 e. The Hall–Kier alpha value is -2.30. The molecule has 0 amide bonds. The van der Waals surface area contributed by atoms with Crippen molar-refractivity contribution in [3.05, 3.63) is 64.9 Å². The van der Waals surface area contributed by atoms with Crippen LogP contribution in [-0.2, 0) is 13.1 Å². The van der Waals surface area contributed by atoms with E-state index in [0.717, 1.165) is 28.0 Å². The van der Waals surface area contributed by atoms with Crippen molar-refractivity contribution >= 4 is 11.0 Å². The number of hydrogen-bond donors (Lipinski definition) is 2. The van der Waals surface area contributed by atoms with E-state index in [2.05, 4.69) is 37.4 Å². The average molecular weight is 325 g/mol. The van der Waals surface area contributed by atoms with E-state index in [9.17, 15) is 0 Å². The molecule has 2 N–H and O–H groups in total. The van der Waals surface area contributed by atoms with Crippen molar-refractivity contribution in [2.75, 3.05) is 13.2 Å². The molecule has 1 heterocycles. The van der Waals surface area contributed by atoms with Gasteiger partial charge in [-0.3, -0.25) is 0 Å². The summed E-state index contributed by atoms with van der Waals surface area (Å²) in [6, 6.07) is 14.2. The molecule has 0 aliphatic rings. The summed E-state index contributed by atoms with van der Waals surface area (Å²) in [6.07, 6.45) is 0. The summed E-state index contributed by atoms with van der Waals surface area (Å²) < 4.78 is 11.5. The Labute approximate surface area is 142 Å². The van der Waals surface area contributed by atoms with Crippen LogP contribution in [-0.4, -0.2) is 18.3 Å². The summed E-state index contributed by atoms with van der Waals surface area (Å²) >= 11 is 0. The highest BCUT2D eigenvalue weighted by Crippen LogP contribution is 2.23. The van der Waals surface area contributed by atoms with E-state index in [1.165, 1.54) is 11.1 Å². The molecule has 3 aromatic rings. The predicted molar refractivity (Wildman–Crippen MR) is 95.3 cm³/mol. The lowest BCUT2D eigenvalue weighted by atomic mass is 10.1. The van der Waals surface area contributed by atoms with Gasteiger partial charge in [-0.15, -0.1) is 0 Å². The monoisotopic (exact) mass is 325 g/mol. The first-order valence-electron chi connectivity index (χ1n) is 8.19. The number of aliphatic hydroxyl groups excluding tert-OH is 1. The zero-order chi connectivity index (χ0) is 16.9. The summed E-state index contributed by atoms with van der Waals surface area (Å²) in [6.45, 7) is 5.86. The fourth-order valence-electron chi connectivity index (χ4n) is 2.71. The Morgan fingerprint density at radius 2 is 1.83 bits per heavy atom. The number of ether oxygens (including phenoxy) is 1. The normalized spacial score (nSPS) is 11.1. The summed E-state index contributed by atoms with van der Waals surface area (Å²) in [7, 11) is 0. The van der Waals surface area contributed by atoms with Crippen LogP contribution in [0.2, 0.25) is 0 Å². The molecular weight excluding hydrogens is 302 g/mol. The summed E-state index contributed by atoms with van der Waals surface area (Å²) in [5.41, 5.74) is 4.51. The maximum absolute atomic E-state index is 8.90. The van der Waals surface area contributed by atoms with Crippen LogP contribution in [0.3, 0.4) is 0 Å². The Bertz CT molecular complexity index is 784. The molecule has 4 nitrogen and oxygen atoms in total. The summed E-state index contributed by atoms with van der Waals surface area (Å²) in [5.74, 6) is 1.72. The third-order valence-corrected chi connectivity index (χ3v) is 4.12. The van der Waals surface area contributed by atoms with Gasteiger partial charge in [0, 0.05) is 17.5 Å². The van der Waals surface area contributed by atoms with Gasteiger partial charge >= 0.3 is 0 Å². The van der Waals surface area contributed by atoms with Crippen molar-refractivity contribution in [1.29, 1.82) is 0 Å². The molecule has 0 fully saturated rings. The fraction of sp³-hybridized carbons (Fsp3) is 0.300. The number of rotatable bonds is 7. The zero-order valence-electron chi connectivity index (χ0n) is 14.1. The smallest absolute Gasteiger partial charge is 0.134 e. The van der Waals surface area contributed by atoms with Gasteiger partial charge in [-0.1, -0.05) is 18.2 Å². The van der Waals surface area contributed by atoms with E-state index in [0.29, 0.717) is 19.7 Å². The first kappa shape index (κ1) is 16.6. The van der Waals surface area contributed by atoms with Crippen molar-refractivity contribution in [2.24, 2.45) is 0 Å². The van der Waals surface area contributed by atoms with E-state index in [-0.39, 0.29) is 6.61 Å². The van der Waals surface area contributed by atoms with Crippen molar-refractivity contribution in [2.45, 2.75) is 26.9 Å². The molecule has 0 atom stereocenters. The topological polar surface area (TPSA) is 54.6 Å². The van der Waals surface area contributed by atoms with Crippen molar-refractivity contribution in [1.82, 2.24) is 5.32 Å². The van der Waals surface area contributed by atoms with Gasteiger partial charge in [0.15, 0.2) is 0 Å². The first-order chi connectivity index (χ1) is 11.7. The second-order valence-electron chi connectivity index (χ2n) is 5.97. The second kappa shape index (κ2) is 7.51. The van der Waals surface area contributed by atoms with E-state index in [4.69, 9.17) is 14.3 Å². The Morgan fingerprint density at radius 1 is 1.04 bits per heavy atom. The van der Waals surface area contributed by atoms with E-state index < -0.39 is 0 Å². The number of nitrogens with one attached hydrogen (secondary N) is 1. The van der Waals surface area contributed by atoms with Gasteiger partial charge in [-0.2, -0.15) is 0 Å². The van der Waals surface area contributed by atoms with Crippen LogP contribution < -0.4 is 10.1 Å². The SMILES string of the molecule is Cc1cc2cc(CNCc3ccccc3OCCO)oc2cc1C. The molecule has 4 heteroatoms. The quantitative estimate of drug-likeness (QED) is 0.695. The molecule has 0 bridgehead atoms. The summed E-state index contributed by atoms with van der Waals surface area (Å²) in [5, 5.41) is 13.4. The van der Waals surface area contributed by atoms with Crippen molar-refractivity contribution < 1.29 is 14.3 Å². The van der Waals surface area contributed by atoms with Crippen LogP contribution in [0.15, 0.2) is 46.9 Å². The van der Waals surface area contributed by atoms with E-state index >= 15 is 0 Å². The van der Waals surface area contributed by atoms with Gasteiger partial charge in [0.25, 0.3) is 0 Å². The average Bonchev–Trinajstić information content (AvgIpc) is 2.96. The van der Waals surface area contributed by atoms with Crippen LogP contribution in [0.1, 0.15) is 22.5 Å². The molecule has 1 aromatic heterocycles. The molecule has 24 heavy (non-hydrogen) atoms. The van der Waals surface area contributed by atoms with Gasteiger partial charge in [0.2, 0.25) is 0 Å². The molecule has 0 saturated heterocycles. The number of aryl methyl sites for hydroxylation is 2. The second-order valence-corrected chi connectivity index (χ2v) is 5.97. The number of hydrogen-bond acceptors (Lipinski definition) is 4. The lowest BCUT2D eigenvalue weighted by Crippen LogP contribution is -2.13. The number of benzene rings is 2. The number of fused-ring (bicyclic) bond motifs is 1. The zero-order valence-corrected chi connectivity index (χ0v) is 14.1. The highest BCUT2D eigenvalue weighted by atomic mass is 16.5. The molecule has 3 rings (SSSR count). The van der Waals surface area contributed by atoms with Gasteiger partial charge < -0.3 is 19.6 Å². The van der Waals surface area contributed by atoms with Gasteiger partial charge in [0.1, 0.15) is 23.7 Å². The van der Waals surface area contributed by atoms with E-state index in [1.54, 1.807) is 0 Å². The largest absolute Gasteiger partial charge is 0.491 e. The minimum Gasteiger partial charge on any atom is -0.491 e. The lowest BCUT2D eigenvalue weighted by Gasteiger charge is -2.10. The minimum atomic E-state index is 0.0135. The maximum atomic E-state index is 8.90. The van der Waals surface area contributed by atoms with E-state index in [1.807, 2.05) is 24.3 Å². The fourth-order valence-corrected chi connectivity index (χ4v) is 2.71. The summed E-state index contributed by atoms with van der Waals surface area (Å²) in [4.78, 5) is 0. The van der Waals surface area contributed by atoms with Crippen LogP contribution in [0, 0.1) is 13.8 Å². The van der Waals surface area contributed by atoms with Crippen LogP contribution in [0.25, 0.3) is 11.0 Å². The molecule has 0 unspecified atom stereocenters. The molecule has 0 aliphatic heterocycles. The predicted octanol–water partition coefficient (Wildman–Crippen LogP) is 3.71. The molecule has 2 aromatic carbocycles. The van der Waals surface area contributed by atoms with Crippen molar-refractivity contribution in [3.8, 4) is 5.75 Å². The number of para-hydroxylation sites is 1. The van der Waals surface area contributed by atoms with Crippen LogP contribution in [0.5, 0.6) is 5.75 Å². The molecule has 126 valence electrons. The highest BCUT2D eigenvalue weighted by molar-refractivity contribution is 5.79. The van der Waals surface area contributed by atoms with Crippen LogP contribution in [0.4, 0.5) is 0 Å². The Kier molecular flexibility index (Phi) is 5.18. The third-order valence-electron chi connectivity index (χ3n) is 4.12. The molecule has 0 radical (unpaired) electrons. The van der Waals surface area contributed by atoms with Crippen LogP contribution >= 0.6 is 0 Å². The van der Waals surface area contributed by atoms with Gasteiger partial charge in [-0.05, 0) is 49.2 Å². The third kappa shape index (κ3) is 3.78. The van der Waals surface area contributed by atoms with Gasteiger partial charge in [0.05, 0.1) is 13.2 Å². The highest BCUT2D eigenvalue weighted by Gasteiger charge is 2.07. The molecular formula is C20H23NO3. The molecule has 0 spiro atoms. The lowest BCUT2D eigenvalue weighted by molar-refractivity contribution is 0.200. The molecule has 0 aliphatic carbocycles. The number of aliphatic hydroxyl groups is 1. The van der Waals surface area contributed by atoms with Gasteiger partial charge in [-0.25, -0.2) is 0 Å². The molecule has 0 saturated carbocycles.